The van der Waals surface area contributed by atoms with E-state index in [1.165, 1.54) is 6.33 Å². The average Bonchev–Trinajstić information content (AvgIpc) is 3.25. The van der Waals surface area contributed by atoms with Crippen LogP contribution in [0.2, 0.25) is 0 Å². The van der Waals surface area contributed by atoms with Crippen molar-refractivity contribution in [2.75, 3.05) is 11.9 Å². The monoisotopic (exact) mass is 370 g/mol. The lowest BCUT2D eigenvalue weighted by molar-refractivity contribution is -0.0437. The normalized spacial score (nSPS) is 26.4. The van der Waals surface area contributed by atoms with Gasteiger partial charge in [-0.1, -0.05) is 30.3 Å². The third kappa shape index (κ3) is 3.15. The van der Waals surface area contributed by atoms with Crippen molar-refractivity contribution in [3.63, 3.8) is 0 Å². The Balaban J connectivity index is 1.64. The van der Waals surface area contributed by atoms with Crippen molar-refractivity contribution in [1.29, 1.82) is 0 Å². The molecule has 0 aliphatic carbocycles. The molecule has 3 aromatic rings. The number of hydrogen-bond acceptors (Lipinski definition) is 8. The molecule has 0 saturated carbocycles. The maximum Gasteiger partial charge on any atom is 0.167 e. The van der Waals surface area contributed by atoms with E-state index in [1.54, 1.807) is 10.9 Å². The molecule has 5 N–H and O–H groups in total. The summed E-state index contributed by atoms with van der Waals surface area (Å²) < 4.78 is 7.36. The fourth-order valence-corrected chi connectivity index (χ4v) is 3.34. The molecule has 4 rings (SSSR count). The van der Waals surface area contributed by atoms with Crippen LogP contribution in [0.3, 0.4) is 0 Å². The van der Waals surface area contributed by atoms with E-state index in [4.69, 9.17) is 10.5 Å². The Kier molecular flexibility index (Phi) is 4.75. The second-order valence-corrected chi connectivity index (χ2v) is 6.64. The maximum atomic E-state index is 10.1. The third-order valence-corrected chi connectivity index (χ3v) is 4.88. The Hall–Kier alpha value is -2.59. The number of aliphatic hydroxyl groups excluding tert-OH is 2. The fourth-order valence-electron chi connectivity index (χ4n) is 3.34. The van der Waals surface area contributed by atoms with Gasteiger partial charge in [0.05, 0.1) is 25.0 Å². The van der Waals surface area contributed by atoms with Crippen molar-refractivity contribution in [3.05, 3.63) is 48.5 Å². The van der Waals surface area contributed by atoms with Crippen molar-refractivity contribution in [1.82, 2.24) is 19.5 Å². The van der Waals surface area contributed by atoms with Crippen LogP contribution in [0.4, 0.5) is 5.82 Å². The topological polar surface area (TPSA) is 131 Å². The SMILES string of the molecule is C[C@@H](Nc1ncnc2c1ncn2[C@@H]1O[C@H](CO)[C@@H](O)[C@H]1N)c1ccccc1. The lowest BCUT2D eigenvalue weighted by Gasteiger charge is -2.18. The van der Waals surface area contributed by atoms with Crippen molar-refractivity contribution < 1.29 is 14.9 Å². The lowest BCUT2D eigenvalue weighted by Crippen LogP contribution is -2.39. The van der Waals surface area contributed by atoms with E-state index in [0.29, 0.717) is 17.0 Å². The highest BCUT2D eigenvalue weighted by Gasteiger charge is 2.42. The molecule has 27 heavy (non-hydrogen) atoms. The highest BCUT2D eigenvalue weighted by Crippen LogP contribution is 2.31. The molecule has 1 fully saturated rings. The van der Waals surface area contributed by atoms with Gasteiger partial charge in [0, 0.05) is 0 Å². The summed E-state index contributed by atoms with van der Waals surface area (Å²) in [4.78, 5) is 13.0. The quantitative estimate of drug-likeness (QED) is 0.513. The van der Waals surface area contributed by atoms with Crippen LogP contribution in [0.5, 0.6) is 0 Å². The van der Waals surface area contributed by atoms with Gasteiger partial charge in [0.1, 0.15) is 18.5 Å². The zero-order valence-electron chi connectivity index (χ0n) is 14.8. The van der Waals surface area contributed by atoms with Gasteiger partial charge in [-0.25, -0.2) is 15.0 Å². The molecule has 1 aliphatic heterocycles. The molecule has 1 saturated heterocycles. The molecule has 142 valence electrons. The molecule has 0 radical (unpaired) electrons. The number of ether oxygens (including phenoxy) is 1. The molecule has 0 unspecified atom stereocenters. The van der Waals surface area contributed by atoms with Gasteiger partial charge in [0.15, 0.2) is 23.2 Å². The molecule has 3 heterocycles. The van der Waals surface area contributed by atoms with E-state index in [0.717, 1.165) is 5.56 Å². The van der Waals surface area contributed by atoms with Crippen LogP contribution in [0.15, 0.2) is 43.0 Å². The van der Waals surface area contributed by atoms with Gasteiger partial charge in [0.25, 0.3) is 0 Å². The zero-order valence-corrected chi connectivity index (χ0v) is 14.8. The van der Waals surface area contributed by atoms with Gasteiger partial charge in [-0.05, 0) is 12.5 Å². The summed E-state index contributed by atoms with van der Waals surface area (Å²) >= 11 is 0. The van der Waals surface area contributed by atoms with Crippen molar-refractivity contribution >= 4 is 17.0 Å². The molecule has 9 nitrogen and oxygen atoms in total. The molecule has 0 amide bonds. The number of nitrogens with zero attached hydrogens (tertiary/aromatic N) is 4. The summed E-state index contributed by atoms with van der Waals surface area (Å²) in [6.45, 7) is 1.73. The van der Waals surface area contributed by atoms with Gasteiger partial charge in [-0.15, -0.1) is 0 Å². The first-order valence-corrected chi connectivity index (χ1v) is 8.79. The molecule has 0 bridgehead atoms. The van der Waals surface area contributed by atoms with E-state index in [1.807, 2.05) is 37.3 Å². The van der Waals surface area contributed by atoms with Gasteiger partial charge in [0.2, 0.25) is 0 Å². The first-order valence-electron chi connectivity index (χ1n) is 8.79. The van der Waals surface area contributed by atoms with Gasteiger partial charge >= 0.3 is 0 Å². The summed E-state index contributed by atoms with van der Waals surface area (Å²) in [5, 5.41) is 22.8. The molecule has 2 aromatic heterocycles. The predicted molar refractivity (Wildman–Crippen MR) is 98.8 cm³/mol. The number of aliphatic hydroxyl groups is 2. The maximum absolute atomic E-state index is 10.1. The Labute approximate surface area is 155 Å². The van der Waals surface area contributed by atoms with Crippen LogP contribution in [-0.4, -0.2) is 54.6 Å². The summed E-state index contributed by atoms with van der Waals surface area (Å²) in [6.07, 6.45) is 0.641. The van der Waals surface area contributed by atoms with Gasteiger partial charge < -0.3 is 26.0 Å². The standard InChI is InChI=1S/C18H22N6O3/c1-10(11-5-3-2-4-6-11)23-16-14-17(21-8-20-16)24(9-22-14)18-13(19)15(26)12(7-25)27-18/h2-6,8-10,12-13,15,18,25-26H,7,19H2,1H3,(H,20,21,23)/t10-,12-,13-,15-,18-/m1/s1. The molecular formula is C18H22N6O3. The van der Waals surface area contributed by atoms with Crippen LogP contribution in [0.25, 0.3) is 11.2 Å². The first-order chi connectivity index (χ1) is 13.1. The number of rotatable bonds is 5. The largest absolute Gasteiger partial charge is 0.394 e. The molecule has 1 aromatic carbocycles. The lowest BCUT2D eigenvalue weighted by atomic mass is 10.1. The van der Waals surface area contributed by atoms with Gasteiger partial charge in [-0.2, -0.15) is 0 Å². The predicted octanol–water partition coefficient (Wildman–Crippen LogP) is 0.577. The number of benzene rings is 1. The van der Waals surface area contributed by atoms with Crippen LogP contribution >= 0.6 is 0 Å². The molecule has 0 spiro atoms. The van der Waals surface area contributed by atoms with E-state index >= 15 is 0 Å². The second-order valence-electron chi connectivity index (χ2n) is 6.64. The number of fused-ring (bicyclic) bond motifs is 1. The van der Waals surface area contributed by atoms with Crippen LogP contribution in [0.1, 0.15) is 24.8 Å². The summed E-state index contributed by atoms with van der Waals surface area (Å²) in [5.74, 6) is 0.598. The number of nitrogens with two attached hydrogens (primary N) is 1. The minimum absolute atomic E-state index is 0.0278. The van der Waals surface area contributed by atoms with E-state index < -0.39 is 24.5 Å². The molecule has 9 heteroatoms. The zero-order chi connectivity index (χ0) is 19.0. The van der Waals surface area contributed by atoms with Crippen LogP contribution < -0.4 is 11.1 Å². The number of imidazole rings is 1. The van der Waals surface area contributed by atoms with Gasteiger partial charge in [-0.3, -0.25) is 4.57 Å². The second kappa shape index (κ2) is 7.20. The molecule has 1 aliphatic rings. The minimum Gasteiger partial charge on any atom is -0.394 e. The Morgan fingerprint density at radius 2 is 2.04 bits per heavy atom. The summed E-state index contributed by atoms with van der Waals surface area (Å²) in [7, 11) is 0. The summed E-state index contributed by atoms with van der Waals surface area (Å²) in [5.41, 5.74) is 8.32. The van der Waals surface area contributed by atoms with E-state index in [9.17, 15) is 10.2 Å². The fraction of sp³-hybridized carbons (Fsp3) is 0.389. The number of nitrogens with one attached hydrogen (secondary N) is 1. The highest BCUT2D eigenvalue weighted by molar-refractivity contribution is 5.82. The van der Waals surface area contributed by atoms with Crippen molar-refractivity contribution in [2.45, 2.75) is 37.4 Å². The third-order valence-electron chi connectivity index (χ3n) is 4.88. The number of aromatic nitrogens is 4. The smallest absolute Gasteiger partial charge is 0.167 e. The van der Waals surface area contributed by atoms with Crippen molar-refractivity contribution in [3.8, 4) is 0 Å². The molecular weight excluding hydrogens is 348 g/mol. The molecule has 5 atom stereocenters. The van der Waals surface area contributed by atoms with E-state index in [2.05, 4.69) is 20.3 Å². The average molecular weight is 370 g/mol. The van der Waals surface area contributed by atoms with Crippen LogP contribution in [0, 0.1) is 0 Å². The van der Waals surface area contributed by atoms with E-state index in [-0.39, 0.29) is 12.6 Å². The minimum atomic E-state index is -0.963. The number of anilines is 1. The first kappa shape index (κ1) is 17.8. The Morgan fingerprint density at radius 1 is 1.26 bits per heavy atom. The Morgan fingerprint density at radius 3 is 2.74 bits per heavy atom. The van der Waals surface area contributed by atoms with Crippen LogP contribution in [-0.2, 0) is 4.74 Å². The Bertz CT molecular complexity index is 918. The number of hydrogen-bond donors (Lipinski definition) is 4. The highest BCUT2D eigenvalue weighted by atomic mass is 16.5. The van der Waals surface area contributed by atoms with Crippen molar-refractivity contribution in [2.24, 2.45) is 5.73 Å². The summed E-state index contributed by atoms with van der Waals surface area (Å²) in [6, 6.07) is 9.35.